The van der Waals surface area contributed by atoms with Gasteiger partial charge in [-0.1, -0.05) is 12.1 Å². The number of likely N-dealkylation sites (tertiary alicyclic amines) is 1. The average molecular weight is 544 g/mol. The quantitative estimate of drug-likeness (QED) is 0.187. The molecule has 0 radical (unpaired) electrons. The molecule has 1 saturated heterocycles. The van der Waals surface area contributed by atoms with Crippen LogP contribution < -0.4 is 15.0 Å². The third kappa shape index (κ3) is 6.72. The molecule has 1 fully saturated rings. The Labute approximate surface area is 201 Å². The highest BCUT2D eigenvalue weighted by Gasteiger charge is 2.28. The minimum atomic E-state index is -0.123. The summed E-state index contributed by atoms with van der Waals surface area (Å²) in [7, 11) is 0. The van der Waals surface area contributed by atoms with Gasteiger partial charge < -0.3 is 24.6 Å². The summed E-state index contributed by atoms with van der Waals surface area (Å²) in [6.45, 7) is 7.79. The Morgan fingerprint density at radius 3 is 2.90 bits per heavy atom. The van der Waals surface area contributed by atoms with E-state index in [0.29, 0.717) is 26.2 Å². The van der Waals surface area contributed by atoms with Crippen LogP contribution >= 0.6 is 24.0 Å². The molecule has 2 aliphatic heterocycles. The van der Waals surface area contributed by atoms with E-state index in [-0.39, 0.29) is 48.4 Å². The van der Waals surface area contributed by atoms with E-state index in [1.54, 1.807) is 4.90 Å². The van der Waals surface area contributed by atoms with Gasteiger partial charge in [-0.05, 0) is 45.2 Å². The molecule has 31 heavy (non-hydrogen) atoms. The van der Waals surface area contributed by atoms with Crippen LogP contribution in [0.1, 0.15) is 33.1 Å². The smallest absolute Gasteiger partial charge is 0.310 e. The minimum Gasteiger partial charge on any atom is -0.482 e. The number of carbonyl (C=O) groups is 2. The fourth-order valence-electron chi connectivity index (χ4n) is 3.86. The number of guanidine groups is 1. The second kappa shape index (κ2) is 12.7. The Kier molecular flexibility index (Phi) is 10.4. The van der Waals surface area contributed by atoms with Crippen LogP contribution in [0.5, 0.6) is 5.75 Å². The first-order valence-electron chi connectivity index (χ1n) is 10.9. The van der Waals surface area contributed by atoms with Gasteiger partial charge in [0.05, 0.1) is 18.2 Å². The number of carbonyl (C=O) groups excluding carboxylic acids is 2. The normalized spacial score (nSPS) is 18.6. The van der Waals surface area contributed by atoms with E-state index in [2.05, 4.69) is 10.2 Å². The number of halogens is 1. The van der Waals surface area contributed by atoms with Crippen LogP contribution in [-0.2, 0) is 14.3 Å². The number of esters is 1. The van der Waals surface area contributed by atoms with Gasteiger partial charge >= 0.3 is 5.97 Å². The van der Waals surface area contributed by atoms with E-state index in [0.717, 1.165) is 49.7 Å². The Bertz CT molecular complexity index is 774. The number of rotatable bonds is 7. The molecule has 0 aliphatic carbocycles. The van der Waals surface area contributed by atoms with Gasteiger partial charge in [0.2, 0.25) is 0 Å². The highest BCUT2D eigenvalue weighted by molar-refractivity contribution is 14.0. The van der Waals surface area contributed by atoms with Gasteiger partial charge in [-0.15, -0.1) is 24.0 Å². The molecule has 3 rings (SSSR count). The van der Waals surface area contributed by atoms with E-state index >= 15 is 0 Å². The molecule has 0 spiro atoms. The molecule has 1 amide bonds. The molecule has 172 valence electrons. The molecular weight excluding hydrogens is 511 g/mol. The SMILES string of the molecule is CCNC(=NCCCN1C(=O)COc2ccccc21)N1CCCC(C(=O)OCC)C1.I. The van der Waals surface area contributed by atoms with Gasteiger partial charge in [0, 0.05) is 32.7 Å². The molecule has 1 unspecified atom stereocenters. The van der Waals surface area contributed by atoms with Crippen molar-refractivity contribution in [2.75, 3.05) is 50.8 Å². The summed E-state index contributed by atoms with van der Waals surface area (Å²) >= 11 is 0. The summed E-state index contributed by atoms with van der Waals surface area (Å²) in [5.74, 6) is 1.30. The van der Waals surface area contributed by atoms with Crippen molar-refractivity contribution in [3.8, 4) is 5.75 Å². The number of hydrogen-bond donors (Lipinski definition) is 1. The van der Waals surface area contributed by atoms with Crippen molar-refractivity contribution in [2.45, 2.75) is 33.1 Å². The summed E-state index contributed by atoms with van der Waals surface area (Å²) in [5.41, 5.74) is 0.818. The van der Waals surface area contributed by atoms with E-state index < -0.39 is 0 Å². The highest BCUT2D eigenvalue weighted by Crippen LogP contribution is 2.31. The third-order valence-electron chi connectivity index (χ3n) is 5.29. The number of hydrogen-bond acceptors (Lipinski definition) is 5. The highest BCUT2D eigenvalue weighted by atomic mass is 127. The molecule has 0 saturated carbocycles. The molecule has 9 heteroatoms. The molecule has 1 atom stereocenters. The number of ether oxygens (including phenoxy) is 2. The summed E-state index contributed by atoms with van der Waals surface area (Å²) in [6, 6.07) is 7.60. The lowest BCUT2D eigenvalue weighted by Crippen LogP contribution is -2.48. The van der Waals surface area contributed by atoms with Crippen LogP contribution in [0.15, 0.2) is 29.3 Å². The second-order valence-electron chi connectivity index (χ2n) is 7.43. The Balaban J connectivity index is 0.00000341. The van der Waals surface area contributed by atoms with Crippen LogP contribution in [0.2, 0.25) is 0 Å². The molecule has 1 N–H and O–H groups in total. The van der Waals surface area contributed by atoms with Crippen LogP contribution in [-0.4, -0.2) is 68.7 Å². The zero-order chi connectivity index (χ0) is 21.3. The van der Waals surface area contributed by atoms with Crippen molar-refractivity contribution in [1.82, 2.24) is 10.2 Å². The maximum Gasteiger partial charge on any atom is 0.310 e. The summed E-state index contributed by atoms with van der Waals surface area (Å²) < 4.78 is 10.7. The summed E-state index contributed by atoms with van der Waals surface area (Å²) in [5, 5.41) is 3.33. The molecule has 2 aliphatic rings. The lowest BCUT2D eigenvalue weighted by atomic mass is 9.98. The maximum atomic E-state index is 12.3. The fraction of sp³-hybridized carbons (Fsp3) is 0.591. The lowest BCUT2D eigenvalue weighted by molar-refractivity contribution is -0.149. The Hall–Kier alpha value is -2.04. The zero-order valence-corrected chi connectivity index (χ0v) is 20.7. The van der Waals surface area contributed by atoms with Crippen molar-refractivity contribution in [2.24, 2.45) is 10.9 Å². The molecule has 0 aromatic heterocycles. The second-order valence-corrected chi connectivity index (χ2v) is 7.43. The van der Waals surface area contributed by atoms with Crippen molar-refractivity contribution >= 4 is 47.5 Å². The molecule has 8 nitrogen and oxygen atoms in total. The average Bonchev–Trinajstić information content (AvgIpc) is 2.77. The molecular formula is C22H33IN4O4. The predicted octanol–water partition coefficient (Wildman–Crippen LogP) is 2.66. The largest absolute Gasteiger partial charge is 0.482 e. The number of aliphatic imine (C=N–C) groups is 1. The Morgan fingerprint density at radius 2 is 2.13 bits per heavy atom. The predicted molar refractivity (Wildman–Crippen MR) is 131 cm³/mol. The third-order valence-corrected chi connectivity index (χ3v) is 5.29. The van der Waals surface area contributed by atoms with Gasteiger partial charge in [-0.3, -0.25) is 14.6 Å². The van der Waals surface area contributed by atoms with Crippen LogP contribution in [0.4, 0.5) is 5.69 Å². The first-order valence-corrected chi connectivity index (χ1v) is 10.9. The molecule has 0 bridgehead atoms. The van der Waals surface area contributed by atoms with Gasteiger partial charge in [0.1, 0.15) is 5.75 Å². The van der Waals surface area contributed by atoms with Crippen LogP contribution in [0.25, 0.3) is 0 Å². The lowest BCUT2D eigenvalue weighted by Gasteiger charge is -2.34. The standard InChI is InChI=1S/C22H32N4O4.HI/c1-3-23-22(25-13-7-9-17(15-25)21(28)29-4-2)24-12-8-14-26-18-10-5-6-11-19(18)30-16-20(26)27;/h5-6,10-11,17H,3-4,7-9,12-16H2,1-2H3,(H,23,24);1H. The molecule has 1 aromatic carbocycles. The number of para-hydroxylation sites is 2. The van der Waals surface area contributed by atoms with Crippen LogP contribution in [0.3, 0.4) is 0 Å². The monoisotopic (exact) mass is 544 g/mol. The Morgan fingerprint density at radius 1 is 1.32 bits per heavy atom. The van der Waals surface area contributed by atoms with E-state index in [1.807, 2.05) is 38.1 Å². The van der Waals surface area contributed by atoms with Gasteiger partial charge in [-0.2, -0.15) is 0 Å². The zero-order valence-electron chi connectivity index (χ0n) is 18.3. The number of piperidine rings is 1. The number of amides is 1. The van der Waals surface area contributed by atoms with E-state index in [9.17, 15) is 9.59 Å². The van der Waals surface area contributed by atoms with Crippen molar-refractivity contribution < 1.29 is 19.1 Å². The van der Waals surface area contributed by atoms with Gasteiger partial charge in [0.25, 0.3) is 5.91 Å². The van der Waals surface area contributed by atoms with Gasteiger partial charge in [-0.25, -0.2) is 0 Å². The minimum absolute atomic E-state index is 0. The number of fused-ring (bicyclic) bond motifs is 1. The van der Waals surface area contributed by atoms with Crippen molar-refractivity contribution in [1.29, 1.82) is 0 Å². The van der Waals surface area contributed by atoms with Crippen molar-refractivity contribution in [3.63, 3.8) is 0 Å². The molecule has 1 aromatic rings. The summed E-state index contributed by atoms with van der Waals surface area (Å²) in [4.78, 5) is 33.1. The number of anilines is 1. The number of benzene rings is 1. The van der Waals surface area contributed by atoms with E-state index in [1.165, 1.54) is 0 Å². The van der Waals surface area contributed by atoms with E-state index in [4.69, 9.17) is 14.5 Å². The topological polar surface area (TPSA) is 83.5 Å². The van der Waals surface area contributed by atoms with Crippen LogP contribution in [0, 0.1) is 5.92 Å². The first kappa shape index (κ1) is 25.2. The number of nitrogens with one attached hydrogen (secondary N) is 1. The summed E-state index contributed by atoms with van der Waals surface area (Å²) in [6.07, 6.45) is 2.53. The molecule has 2 heterocycles. The maximum absolute atomic E-state index is 12.3. The number of nitrogens with zero attached hydrogens (tertiary/aromatic N) is 3. The van der Waals surface area contributed by atoms with Crippen molar-refractivity contribution in [3.05, 3.63) is 24.3 Å². The fourth-order valence-corrected chi connectivity index (χ4v) is 3.86. The first-order chi connectivity index (χ1) is 14.6. The van der Waals surface area contributed by atoms with Gasteiger partial charge in [0.15, 0.2) is 12.6 Å².